The zero-order chi connectivity index (χ0) is 28.5. The van der Waals surface area contributed by atoms with Gasteiger partial charge >= 0.3 is 6.09 Å². The summed E-state index contributed by atoms with van der Waals surface area (Å²) in [5.74, 6) is -0.0947. The van der Waals surface area contributed by atoms with E-state index in [0.29, 0.717) is 34.9 Å². The molecule has 0 aliphatic heterocycles. The predicted molar refractivity (Wildman–Crippen MR) is 157 cm³/mol. The Balaban J connectivity index is 2.54. The van der Waals surface area contributed by atoms with Crippen molar-refractivity contribution in [3.8, 4) is 0 Å². The molecule has 0 heterocycles. The highest BCUT2D eigenvalue weighted by molar-refractivity contribution is 7.98. The number of carbonyl (C=O) groups is 3. The van der Waals surface area contributed by atoms with E-state index in [9.17, 15) is 14.4 Å². The Labute approximate surface area is 236 Å². The first-order valence-electron chi connectivity index (χ1n) is 12.8. The Morgan fingerprint density at radius 3 is 2.29 bits per heavy atom. The molecule has 9 heteroatoms. The van der Waals surface area contributed by atoms with Gasteiger partial charge in [-0.3, -0.25) is 9.59 Å². The zero-order valence-corrected chi connectivity index (χ0v) is 24.9. The lowest BCUT2D eigenvalue weighted by Gasteiger charge is -2.38. The van der Waals surface area contributed by atoms with Crippen molar-refractivity contribution in [1.82, 2.24) is 10.2 Å². The van der Waals surface area contributed by atoms with Crippen molar-refractivity contribution < 1.29 is 19.1 Å². The van der Waals surface area contributed by atoms with Crippen LogP contribution >= 0.6 is 23.4 Å². The fourth-order valence-electron chi connectivity index (χ4n) is 3.97. The molecule has 0 saturated heterocycles. The SMILES string of the molecule is CCC(C)N(C(=O)C(CCSC)NC(=O)OC(C)(C)C)C(C(=O)Nc1c(C)cccc1Cl)c1ccccc1. The van der Waals surface area contributed by atoms with Gasteiger partial charge in [0.05, 0.1) is 10.7 Å². The van der Waals surface area contributed by atoms with Gasteiger partial charge in [-0.05, 0) is 76.7 Å². The maximum absolute atomic E-state index is 14.2. The summed E-state index contributed by atoms with van der Waals surface area (Å²) in [5.41, 5.74) is 1.25. The number of alkyl carbamates (subject to hydrolysis) is 1. The number of rotatable bonds is 11. The molecule has 0 bridgehead atoms. The average Bonchev–Trinajstić information content (AvgIpc) is 2.85. The predicted octanol–water partition coefficient (Wildman–Crippen LogP) is 6.60. The lowest BCUT2D eigenvalue weighted by molar-refractivity contribution is -0.143. The first-order chi connectivity index (χ1) is 17.9. The number of ether oxygens (including phenoxy) is 1. The van der Waals surface area contributed by atoms with Gasteiger partial charge < -0.3 is 20.3 Å². The smallest absolute Gasteiger partial charge is 0.408 e. The summed E-state index contributed by atoms with van der Waals surface area (Å²) in [6, 6.07) is 12.4. The molecule has 0 saturated carbocycles. The lowest BCUT2D eigenvalue weighted by Crippen LogP contribution is -2.55. The summed E-state index contributed by atoms with van der Waals surface area (Å²) < 4.78 is 5.44. The van der Waals surface area contributed by atoms with E-state index in [1.54, 1.807) is 43.5 Å². The summed E-state index contributed by atoms with van der Waals surface area (Å²) in [6.45, 7) is 11.0. The number of carbonyl (C=O) groups excluding carboxylic acids is 3. The minimum Gasteiger partial charge on any atom is -0.444 e. The first kappa shape index (κ1) is 31.5. The van der Waals surface area contributed by atoms with Gasteiger partial charge in [0.25, 0.3) is 5.91 Å². The van der Waals surface area contributed by atoms with Crippen LogP contribution in [0.5, 0.6) is 0 Å². The molecule has 7 nitrogen and oxygen atoms in total. The van der Waals surface area contributed by atoms with Crippen molar-refractivity contribution in [3.63, 3.8) is 0 Å². The normalized spacial score (nSPS) is 13.7. The molecule has 0 aliphatic rings. The van der Waals surface area contributed by atoms with Crippen LogP contribution in [0.3, 0.4) is 0 Å². The van der Waals surface area contributed by atoms with Crippen molar-refractivity contribution in [2.45, 2.75) is 78.1 Å². The minimum atomic E-state index is -0.952. The van der Waals surface area contributed by atoms with E-state index in [0.717, 1.165) is 5.56 Å². The second-order valence-electron chi connectivity index (χ2n) is 10.2. The fourth-order valence-corrected chi connectivity index (χ4v) is 4.71. The third-order valence-electron chi connectivity index (χ3n) is 6.03. The lowest BCUT2D eigenvalue weighted by atomic mass is 9.99. The summed E-state index contributed by atoms with van der Waals surface area (Å²) in [7, 11) is 0. The number of hydrogen-bond donors (Lipinski definition) is 2. The van der Waals surface area contributed by atoms with Gasteiger partial charge in [-0.25, -0.2) is 4.79 Å². The van der Waals surface area contributed by atoms with Crippen molar-refractivity contribution in [2.75, 3.05) is 17.3 Å². The monoisotopic (exact) mass is 561 g/mol. The average molecular weight is 562 g/mol. The number of para-hydroxylation sites is 1. The molecule has 3 atom stereocenters. The van der Waals surface area contributed by atoms with E-state index in [2.05, 4.69) is 10.6 Å². The largest absolute Gasteiger partial charge is 0.444 e. The van der Waals surface area contributed by atoms with Crippen LogP contribution in [0.1, 0.15) is 64.6 Å². The van der Waals surface area contributed by atoms with Crippen molar-refractivity contribution in [3.05, 3.63) is 64.7 Å². The molecule has 2 aromatic rings. The topological polar surface area (TPSA) is 87.7 Å². The third-order valence-corrected chi connectivity index (χ3v) is 6.99. The molecular weight excluding hydrogens is 522 g/mol. The van der Waals surface area contributed by atoms with Crippen molar-refractivity contribution >= 4 is 47.0 Å². The van der Waals surface area contributed by atoms with E-state index in [1.807, 2.05) is 69.5 Å². The van der Waals surface area contributed by atoms with Gasteiger partial charge in [0.2, 0.25) is 5.91 Å². The van der Waals surface area contributed by atoms with Crippen LogP contribution in [0, 0.1) is 6.92 Å². The van der Waals surface area contributed by atoms with E-state index < -0.39 is 23.8 Å². The Hall–Kier alpha value is -2.71. The number of hydrogen-bond acceptors (Lipinski definition) is 5. The van der Waals surface area contributed by atoms with Crippen LogP contribution in [-0.4, -0.2) is 52.5 Å². The Morgan fingerprint density at radius 2 is 1.74 bits per heavy atom. The van der Waals surface area contributed by atoms with Gasteiger partial charge in [0.1, 0.15) is 17.7 Å². The number of thioether (sulfide) groups is 1. The van der Waals surface area contributed by atoms with Gasteiger partial charge in [-0.1, -0.05) is 61.0 Å². The van der Waals surface area contributed by atoms with Crippen molar-refractivity contribution in [2.24, 2.45) is 0 Å². The van der Waals surface area contributed by atoms with Gasteiger partial charge in [0.15, 0.2) is 0 Å². The Bertz CT molecular complexity index is 1070. The number of nitrogens with one attached hydrogen (secondary N) is 2. The molecule has 0 spiro atoms. The van der Waals surface area contributed by atoms with Crippen LogP contribution in [0.4, 0.5) is 10.5 Å². The van der Waals surface area contributed by atoms with Crippen LogP contribution in [0.25, 0.3) is 0 Å². The maximum atomic E-state index is 14.2. The maximum Gasteiger partial charge on any atom is 0.408 e. The van der Waals surface area contributed by atoms with E-state index in [1.165, 1.54) is 0 Å². The van der Waals surface area contributed by atoms with Gasteiger partial charge in [-0.2, -0.15) is 11.8 Å². The van der Waals surface area contributed by atoms with Crippen molar-refractivity contribution in [1.29, 1.82) is 0 Å². The molecule has 38 heavy (non-hydrogen) atoms. The summed E-state index contributed by atoms with van der Waals surface area (Å²) >= 11 is 7.99. The highest BCUT2D eigenvalue weighted by Gasteiger charge is 2.38. The number of nitrogens with zero attached hydrogens (tertiary/aromatic N) is 1. The summed E-state index contributed by atoms with van der Waals surface area (Å²) in [4.78, 5) is 42.4. The fraction of sp³-hybridized carbons (Fsp3) is 0.483. The highest BCUT2D eigenvalue weighted by Crippen LogP contribution is 2.31. The van der Waals surface area contributed by atoms with Gasteiger partial charge in [0, 0.05) is 6.04 Å². The third kappa shape index (κ3) is 8.95. The van der Waals surface area contributed by atoms with E-state index >= 15 is 0 Å². The highest BCUT2D eigenvalue weighted by atomic mass is 35.5. The van der Waals surface area contributed by atoms with Crippen LogP contribution < -0.4 is 10.6 Å². The molecule has 0 fully saturated rings. The van der Waals surface area contributed by atoms with E-state index in [4.69, 9.17) is 16.3 Å². The molecule has 0 aromatic heterocycles. The molecule has 2 rings (SSSR count). The number of benzene rings is 2. The van der Waals surface area contributed by atoms with E-state index in [-0.39, 0.29) is 17.9 Å². The Morgan fingerprint density at radius 1 is 1.08 bits per heavy atom. The molecular formula is C29H40ClN3O4S. The summed E-state index contributed by atoms with van der Waals surface area (Å²) in [5, 5.41) is 6.14. The molecule has 0 radical (unpaired) electrons. The van der Waals surface area contributed by atoms with Crippen LogP contribution in [0.15, 0.2) is 48.5 Å². The molecule has 2 N–H and O–H groups in total. The Kier molecular flexibility index (Phi) is 12.0. The second kappa shape index (κ2) is 14.4. The summed E-state index contributed by atoms with van der Waals surface area (Å²) in [6.07, 6.45) is 2.26. The standard InChI is InChI=1S/C29H40ClN3O4S/c1-8-20(3)33(27(35)23(17-18-38-7)31-28(36)37-29(4,5)6)25(21-14-10-9-11-15-21)26(34)32-24-19(2)13-12-16-22(24)30/h9-16,20,23,25H,8,17-18H2,1-7H3,(H,31,36)(H,32,34). The quantitative estimate of drug-likeness (QED) is 0.322. The van der Waals surface area contributed by atoms with Gasteiger partial charge in [-0.15, -0.1) is 0 Å². The van der Waals surface area contributed by atoms with Crippen LogP contribution in [-0.2, 0) is 14.3 Å². The minimum absolute atomic E-state index is 0.303. The molecule has 208 valence electrons. The molecule has 3 unspecified atom stereocenters. The number of aryl methyl sites for hydroxylation is 1. The molecule has 2 aromatic carbocycles. The number of anilines is 1. The number of amides is 3. The number of halogens is 1. The molecule has 0 aliphatic carbocycles. The molecule has 3 amide bonds. The first-order valence-corrected chi connectivity index (χ1v) is 14.6. The second-order valence-corrected chi connectivity index (χ2v) is 11.6. The zero-order valence-electron chi connectivity index (χ0n) is 23.3. The van der Waals surface area contributed by atoms with Crippen LogP contribution in [0.2, 0.25) is 5.02 Å².